The molecule has 1 fully saturated rings. The van der Waals surface area contributed by atoms with E-state index in [2.05, 4.69) is 4.90 Å². The molecule has 2 heterocycles. The van der Waals surface area contributed by atoms with Crippen LogP contribution in [-0.2, 0) is 4.79 Å². The Hall–Kier alpha value is -0.790. The molecule has 2 aliphatic heterocycles. The number of hydrogen-bond acceptors (Lipinski definition) is 2. The summed E-state index contributed by atoms with van der Waals surface area (Å²) in [6.07, 6.45) is 6.85. The lowest BCUT2D eigenvalue weighted by atomic mass is 10.1. The maximum Gasteiger partial charge on any atom is 0.159 e. The van der Waals surface area contributed by atoms with Gasteiger partial charge in [-0.2, -0.15) is 0 Å². The van der Waals surface area contributed by atoms with Crippen LogP contribution in [0.5, 0.6) is 0 Å². The lowest BCUT2D eigenvalue weighted by Crippen LogP contribution is -2.29. The summed E-state index contributed by atoms with van der Waals surface area (Å²) in [4.78, 5) is 13.2. The first-order valence-corrected chi connectivity index (χ1v) is 3.83. The molecule has 0 aromatic heterocycles. The summed E-state index contributed by atoms with van der Waals surface area (Å²) in [5.41, 5.74) is 0. The molecular weight excluding hydrogens is 126 g/mol. The van der Waals surface area contributed by atoms with Gasteiger partial charge in [-0.25, -0.2) is 0 Å². The van der Waals surface area contributed by atoms with E-state index in [0.29, 0.717) is 11.8 Å². The highest BCUT2D eigenvalue weighted by Gasteiger charge is 2.26. The van der Waals surface area contributed by atoms with Crippen molar-refractivity contribution in [3.63, 3.8) is 0 Å². The molecule has 0 aromatic carbocycles. The smallest absolute Gasteiger partial charge is 0.159 e. The number of ketones is 1. The molecule has 10 heavy (non-hydrogen) atoms. The first kappa shape index (κ1) is 5.96. The zero-order valence-corrected chi connectivity index (χ0v) is 5.92. The molecule has 0 N–H and O–H groups in total. The Bertz CT molecular complexity index is 186. The second-order valence-electron chi connectivity index (χ2n) is 3.02. The summed E-state index contributed by atoms with van der Waals surface area (Å²) < 4.78 is 0. The van der Waals surface area contributed by atoms with E-state index in [-0.39, 0.29) is 0 Å². The molecular formula is C8H11NO. The van der Waals surface area contributed by atoms with Crippen molar-refractivity contribution in [2.75, 3.05) is 6.54 Å². The molecule has 2 heteroatoms. The monoisotopic (exact) mass is 137 g/mol. The Morgan fingerprint density at radius 3 is 3.40 bits per heavy atom. The number of allylic oxidation sites excluding steroid dienone is 1. The quantitative estimate of drug-likeness (QED) is 0.495. The van der Waals surface area contributed by atoms with E-state index in [9.17, 15) is 4.79 Å². The lowest BCUT2D eigenvalue weighted by molar-refractivity contribution is -0.116. The van der Waals surface area contributed by atoms with Crippen molar-refractivity contribution >= 4 is 5.78 Å². The van der Waals surface area contributed by atoms with Crippen LogP contribution in [0.25, 0.3) is 0 Å². The van der Waals surface area contributed by atoms with Crippen molar-refractivity contribution in [2.45, 2.75) is 25.3 Å². The number of nitrogens with zero attached hydrogens (tertiary/aromatic N) is 1. The van der Waals surface area contributed by atoms with Gasteiger partial charge in [0.1, 0.15) is 0 Å². The minimum absolute atomic E-state index is 0.295. The molecule has 0 aliphatic carbocycles. The topological polar surface area (TPSA) is 20.3 Å². The summed E-state index contributed by atoms with van der Waals surface area (Å²) >= 11 is 0. The van der Waals surface area contributed by atoms with E-state index < -0.39 is 0 Å². The number of carbonyl (C=O) groups excluding carboxylic acids is 1. The van der Waals surface area contributed by atoms with Gasteiger partial charge in [0.2, 0.25) is 0 Å². The van der Waals surface area contributed by atoms with Gasteiger partial charge in [0.05, 0.1) is 0 Å². The predicted octanol–water partition coefficient (Wildman–Crippen LogP) is 0.937. The van der Waals surface area contributed by atoms with Gasteiger partial charge in [-0.15, -0.1) is 0 Å². The Morgan fingerprint density at radius 1 is 1.60 bits per heavy atom. The van der Waals surface area contributed by atoms with Gasteiger partial charge >= 0.3 is 0 Å². The largest absolute Gasteiger partial charge is 0.374 e. The fourth-order valence-electron chi connectivity index (χ4n) is 1.75. The molecule has 0 aromatic rings. The van der Waals surface area contributed by atoms with Gasteiger partial charge in [-0.3, -0.25) is 4.79 Å². The van der Waals surface area contributed by atoms with Gasteiger partial charge in [0.25, 0.3) is 0 Å². The number of fused-ring (bicyclic) bond motifs is 1. The van der Waals surface area contributed by atoms with Crippen molar-refractivity contribution in [3.05, 3.63) is 12.3 Å². The summed E-state index contributed by atoms with van der Waals surface area (Å²) in [5.74, 6) is 0.295. The second-order valence-corrected chi connectivity index (χ2v) is 3.02. The van der Waals surface area contributed by atoms with Crippen LogP contribution < -0.4 is 0 Å². The number of rotatable bonds is 0. The normalized spacial score (nSPS) is 31.0. The third-order valence-corrected chi connectivity index (χ3v) is 2.31. The molecule has 0 saturated carbocycles. The van der Waals surface area contributed by atoms with E-state index in [1.165, 1.54) is 12.8 Å². The molecule has 0 radical (unpaired) electrons. The third-order valence-electron chi connectivity index (χ3n) is 2.31. The third kappa shape index (κ3) is 0.838. The maximum atomic E-state index is 10.9. The Morgan fingerprint density at radius 2 is 2.50 bits per heavy atom. The second kappa shape index (κ2) is 2.11. The molecule has 1 saturated heterocycles. The van der Waals surface area contributed by atoms with E-state index in [4.69, 9.17) is 0 Å². The highest BCUT2D eigenvalue weighted by Crippen LogP contribution is 2.23. The molecule has 2 nitrogen and oxygen atoms in total. The molecule has 0 amide bonds. The van der Waals surface area contributed by atoms with Crippen LogP contribution in [0.4, 0.5) is 0 Å². The summed E-state index contributed by atoms with van der Waals surface area (Å²) in [6.45, 7) is 1.15. The Kier molecular flexibility index (Phi) is 1.26. The van der Waals surface area contributed by atoms with Crippen molar-refractivity contribution in [1.29, 1.82) is 0 Å². The van der Waals surface area contributed by atoms with Gasteiger partial charge in [0, 0.05) is 25.2 Å². The summed E-state index contributed by atoms with van der Waals surface area (Å²) in [5, 5.41) is 0. The minimum atomic E-state index is 0.295. The number of carbonyl (C=O) groups is 1. The lowest BCUT2D eigenvalue weighted by Gasteiger charge is -2.24. The molecule has 1 atom stereocenters. The SMILES string of the molecule is O=C1C=CN2CCCC2C1. The van der Waals surface area contributed by atoms with Gasteiger partial charge < -0.3 is 4.90 Å². The van der Waals surface area contributed by atoms with E-state index in [1.807, 2.05) is 6.20 Å². The standard InChI is InChI=1S/C8H11NO/c10-8-3-5-9-4-1-2-7(9)6-8/h3,5,7H,1-2,4,6H2. The molecule has 1 unspecified atom stereocenters. The zero-order valence-electron chi connectivity index (χ0n) is 5.92. The van der Waals surface area contributed by atoms with Crippen LogP contribution in [-0.4, -0.2) is 23.3 Å². The van der Waals surface area contributed by atoms with Crippen LogP contribution in [0.3, 0.4) is 0 Å². The summed E-state index contributed by atoms with van der Waals surface area (Å²) in [7, 11) is 0. The zero-order chi connectivity index (χ0) is 6.97. The van der Waals surface area contributed by atoms with Gasteiger partial charge in [0.15, 0.2) is 5.78 Å². The van der Waals surface area contributed by atoms with Crippen molar-refractivity contribution in [2.24, 2.45) is 0 Å². The minimum Gasteiger partial charge on any atom is -0.374 e. The average Bonchev–Trinajstić information content (AvgIpc) is 2.33. The fourth-order valence-corrected chi connectivity index (χ4v) is 1.75. The Balaban J connectivity index is 2.16. The molecule has 0 bridgehead atoms. The van der Waals surface area contributed by atoms with E-state index in [1.54, 1.807) is 6.08 Å². The van der Waals surface area contributed by atoms with E-state index >= 15 is 0 Å². The molecule has 54 valence electrons. The predicted molar refractivity (Wildman–Crippen MR) is 38.5 cm³/mol. The summed E-state index contributed by atoms with van der Waals surface area (Å²) in [6, 6.07) is 0.539. The first-order valence-electron chi connectivity index (χ1n) is 3.83. The average molecular weight is 137 g/mol. The van der Waals surface area contributed by atoms with Gasteiger partial charge in [-0.1, -0.05) is 0 Å². The van der Waals surface area contributed by atoms with Crippen LogP contribution in [0.2, 0.25) is 0 Å². The number of hydrogen-bond donors (Lipinski definition) is 0. The highest BCUT2D eigenvalue weighted by atomic mass is 16.1. The molecule has 2 aliphatic rings. The fraction of sp³-hybridized carbons (Fsp3) is 0.625. The van der Waals surface area contributed by atoms with Crippen LogP contribution >= 0.6 is 0 Å². The van der Waals surface area contributed by atoms with Crippen molar-refractivity contribution in [3.8, 4) is 0 Å². The van der Waals surface area contributed by atoms with Gasteiger partial charge in [-0.05, 0) is 18.9 Å². The molecule has 0 spiro atoms. The maximum absolute atomic E-state index is 10.9. The van der Waals surface area contributed by atoms with Crippen LogP contribution in [0.15, 0.2) is 12.3 Å². The van der Waals surface area contributed by atoms with Crippen molar-refractivity contribution < 1.29 is 4.79 Å². The Labute approximate surface area is 60.5 Å². The highest BCUT2D eigenvalue weighted by molar-refractivity contribution is 5.90. The molecule has 2 rings (SSSR count). The van der Waals surface area contributed by atoms with Crippen LogP contribution in [0.1, 0.15) is 19.3 Å². The van der Waals surface area contributed by atoms with Crippen LogP contribution in [0, 0.1) is 0 Å². The van der Waals surface area contributed by atoms with E-state index in [0.717, 1.165) is 13.0 Å². The van der Waals surface area contributed by atoms with Crippen molar-refractivity contribution in [1.82, 2.24) is 4.90 Å². The first-order chi connectivity index (χ1) is 4.86.